The second-order valence-corrected chi connectivity index (χ2v) is 5.61. The van der Waals surface area contributed by atoms with E-state index in [0.717, 1.165) is 8.95 Å². The van der Waals surface area contributed by atoms with Crippen molar-refractivity contribution in [2.24, 2.45) is 0 Å². The van der Waals surface area contributed by atoms with Gasteiger partial charge in [0, 0.05) is 29.4 Å². The lowest BCUT2D eigenvalue weighted by atomic mass is 10.1. The second-order valence-electron chi connectivity index (χ2n) is 3.78. The number of ether oxygens (including phenoxy) is 1. The SMILES string of the molecule is CC(O)(Oc1ncc(Br)cn1)c1cccc(Br)c1. The van der Waals surface area contributed by atoms with Gasteiger partial charge in [-0.15, -0.1) is 0 Å². The highest BCUT2D eigenvalue weighted by Crippen LogP contribution is 2.25. The van der Waals surface area contributed by atoms with E-state index in [-0.39, 0.29) is 6.01 Å². The molecule has 0 aliphatic rings. The number of halogens is 2. The summed E-state index contributed by atoms with van der Waals surface area (Å²) in [5.41, 5.74) is 0.614. The van der Waals surface area contributed by atoms with Gasteiger partial charge in [-0.05, 0) is 28.1 Å². The van der Waals surface area contributed by atoms with Gasteiger partial charge in [0.25, 0.3) is 0 Å². The molecule has 94 valence electrons. The molecule has 0 spiro atoms. The molecule has 6 heteroatoms. The number of hydrogen-bond acceptors (Lipinski definition) is 4. The zero-order valence-electron chi connectivity index (χ0n) is 9.47. The molecule has 4 nitrogen and oxygen atoms in total. The van der Waals surface area contributed by atoms with Gasteiger partial charge in [-0.25, -0.2) is 9.97 Å². The van der Waals surface area contributed by atoms with Crippen molar-refractivity contribution in [3.05, 3.63) is 51.2 Å². The highest BCUT2D eigenvalue weighted by Gasteiger charge is 2.26. The molecular formula is C12H10Br2N2O2. The van der Waals surface area contributed by atoms with E-state index in [2.05, 4.69) is 41.8 Å². The number of benzene rings is 1. The fourth-order valence-corrected chi connectivity index (χ4v) is 1.97. The van der Waals surface area contributed by atoms with Crippen molar-refractivity contribution in [3.63, 3.8) is 0 Å². The summed E-state index contributed by atoms with van der Waals surface area (Å²) in [7, 11) is 0. The Balaban J connectivity index is 2.23. The minimum absolute atomic E-state index is 0.114. The van der Waals surface area contributed by atoms with Crippen molar-refractivity contribution in [2.75, 3.05) is 0 Å². The number of hydrogen-bond donors (Lipinski definition) is 1. The molecule has 0 aliphatic carbocycles. The van der Waals surface area contributed by atoms with Crippen LogP contribution in [0.5, 0.6) is 6.01 Å². The first kappa shape index (κ1) is 13.5. The first-order valence-electron chi connectivity index (χ1n) is 5.12. The minimum atomic E-state index is -1.49. The molecule has 0 saturated carbocycles. The number of aromatic nitrogens is 2. The quantitative estimate of drug-likeness (QED) is 0.839. The third-order valence-electron chi connectivity index (χ3n) is 2.25. The van der Waals surface area contributed by atoms with Crippen molar-refractivity contribution in [3.8, 4) is 6.01 Å². The second kappa shape index (κ2) is 5.34. The summed E-state index contributed by atoms with van der Waals surface area (Å²) in [5, 5.41) is 10.3. The van der Waals surface area contributed by atoms with Crippen LogP contribution < -0.4 is 4.74 Å². The predicted octanol–water partition coefficient (Wildman–Crippen LogP) is 3.25. The fraction of sp³-hybridized carbons (Fsp3) is 0.167. The lowest BCUT2D eigenvalue weighted by Gasteiger charge is -2.23. The molecule has 1 aromatic carbocycles. The smallest absolute Gasteiger partial charge is 0.319 e. The zero-order chi connectivity index (χ0) is 13.2. The lowest BCUT2D eigenvalue weighted by molar-refractivity contribution is -0.134. The molecule has 0 bridgehead atoms. The van der Waals surface area contributed by atoms with E-state index in [0.29, 0.717) is 5.56 Å². The molecule has 0 amide bonds. The zero-order valence-corrected chi connectivity index (χ0v) is 12.6. The number of aliphatic hydroxyl groups is 1. The van der Waals surface area contributed by atoms with Crippen molar-refractivity contribution < 1.29 is 9.84 Å². The normalized spacial score (nSPS) is 14.0. The molecule has 2 rings (SSSR count). The third-order valence-corrected chi connectivity index (χ3v) is 3.15. The van der Waals surface area contributed by atoms with Crippen LogP contribution in [0.1, 0.15) is 12.5 Å². The summed E-state index contributed by atoms with van der Waals surface area (Å²) in [6, 6.07) is 7.35. The van der Waals surface area contributed by atoms with E-state index in [1.165, 1.54) is 0 Å². The van der Waals surface area contributed by atoms with Crippen molar-refractivity contribution >= 4 is 31.9 Å². The topological polar surface area (TPSA) is 55.2 Å². The van der Waals surface area contributed by atoms with Crippen LogP contribution in [0.4, 0.5) is 0 Å². The van der Waals surface area contributed by atoms with E-state index in [1.807, 2.05) is 12.1 Å². The van der Waals surface area contributed by atoms with Gasteiger partial charge in [0.15, 0.2) is 0 Å². The fourth-order valence-electron chi connectivity index (χ4n) is 1.37. The van der Waals surface area contributed by atoms with Gasteiger partial charge in [-0.3, -0.25) is 0 Å². The molecule has 0 aliphatic heterocycles. The standard InChI is InChI=1S/C12H10Br2N2O2/c1-12(17,8-3-2-4-9(13)5-8)18-11-15-6-10(14)7-16-11/h2-7,17H,1H3. The highest BCUT2D eigenvalue weighted by atomic mass is 79.9. The Morgan fingerprint density at radius 1 is 1.17 bits per heavy atom. The maximum atomic E-state index is 10.3. The number of nitrogens with zero attached hydrogens (tertiary/aromatic N) is 2. The van der Waals surface area contributed by atoms with Crippen LogP contribution in [-0.4, -0.2) is 15.1 Å². The van der Waals surface area contributed by atoms with Crippen LogP contribution in [0.2, 0.25) is 0 Å². The van der Waals surface area contributed by atoms with Crippen LogP contribution in [0, 0.1) is 0 Å². The summed E-state index contributed by atoms with van der Waals surface area (Å²) >= 11 is 6.58. The van der Waals surface area contributed by atoms with Crippen molar-refractivity contribution in [1.82, 2.24) is 9.97 Å². The maximum absolute atomic E-state index is 10.3. The molecule has 1 unspecified atom stereocenters. The molecule has 1 N–H and O–H groups in total. The molecule has 0 radical (unpaired) electrons. The van der Waals surface area contributed by atoms with E-state index < -0.39 is 5.79 Å². The molecular weight excluding hydrogens is 364 g/mol. The Kier molecular flexibility index (Phi) is 3.99. The molecule has 2 aromatic rings. The monoisotopic (exact) mass is 372 g/mol. The molecule has 1 aromatic heterocycles. The van der Waals surface area contributed by atoms with E-state index >= 15 is 0 Å². The Bertz CT molecular complexity index is 544. The number of rotatable bonds is 3. The first-order valence-corrected chi connectivity index (χ1v) is 6.71. The molecule has 1 heterocycles. The van der Waals surface area contributed by atoms with Gasteiger partial charge in [0.1, 0.15) is 0 Å². The Morgan fingerprint density at radius 2 is 1.83 bits per heavy atom. The maximum Gasteiger partial charge on any atom is 0.319 e. The minimum Gasteiger partial charge on any atom is -0.427 e. The van der Waals surface area contributed by atoms with Crippen LogP contribution in [-0.2, 0) is 5.79 Å². The van der Waals surface area contributed by atoms with Crippen LogP contribution in [0.15, 0.2) is 45.6 Å². The van der Waals surface area contributed by atoms with E-state index in [9.17, 15) is 5.11 Å². The molecule has 18 heavy (non-hydrogen) atoms. The average molecular weight is 374 g/mol. The van der Waals surface area contributed by atoms with Gasteiger partial charge >= 0.3 is 6.01 Å². The summed E-state index contributed by atoms with van der Waals surface area (Å²) in [5.74, 6) is -1.49. The molecule has 1 atom stereocenters. The molecule has 0 saturated heterocycles. The van der Waals surface area contributed by atoms with Crippen LogP contribution in [0.25, 0.3) is 0 Å². The van der Waals surface area contributed by atoms with Crippen molar-refractivity contribution in [2.45, 2.75) is 12.7 Å². The van der Waals surface area contributed by atoms with Crippen LogP contribution >= 0.6 is 31.9 Å². The van der Waals surface area contributed by atoms with Gasteiger partial charge < -0.3 is 9.84 Å². The summed E-state index contributed by atoms with van der Waals surface area (Å²) < 4.78 is 7.00. The Labute approximate surface area is 121 Å². The van der Waals surface area contributed by atoms with Gasteiger partial charge in [-0.2, -0.15) is 0 Å². The van der Waals surface area contributed by atoms with Gasteiger partial charge in [0.2, 0.25) is 5.79 Å². The molecule has 0 fully saturated rings. The average Bonchev–Trinajstić information content (AvgIpc) is 2.32. The highest BCUT2D eigenvalue weighted by molar-refractivity contribution is 9.10. The van der Waals surface area contributed by atoms with Crippen molar-refractivity contribution in [1.29, 1.82) is 0 Å². The Hall–Kier alpha value is -0.980. The predicted molar refractivity (Wildman–Crippen MR) is 74.1 cm³/mol. The van der Waals surface area contributed by atoms with Gasteiger partial charge in [-0.1, -0.05) is 28.1 Å². The summed E-state index contributed by atoms with van der Waals surface area (Å²) in [4.78, 5) is 7.92. The summed E-state index contributed by atoms with van der Waals surface area (Å²) in [6.07, 6.45) is 3.11. The van der Waals surface area contributed by atoms with Gasteiger partial charge in [0.05, 0.1) is 4.47 Å². The lowest BCUT2D eigenvalue weighted by Crippen LogP contribution is -2.29. The summed E-state index contributed by atoms with van der Waals surface area (Å²) in [6.45, 7) is 1.54. The van der Waals surface area contributed by atoms with Crippen LogP contribution in [0.3, 0.4) is 0 Å². The van der Waals surface area contributed by atoms with E-state index in [4.69, 9.17) is 4.74 Å². The largest absolute Gasteiger partial charge is 0.427 e. The van der Waals surface area contributed by atoms with E-state index in [1.54, 1.807) is 31.5 Å². The Morgan fingerprint density at radius 3 is 2.44 bits per heavy atom. The first-order chi connectivity index (χ1) is 8.47. The third kappa shape index (κ3) is 3.28.